The minimum atomic E-state index is 0.437. The minimum Gasteiger partial charge on any atom is -0.308 e. The normalized spacial score (nSPS) is 23.4. The first-order chi connectivity index (χ1) is 16.7. The molecule has 0 spiro atoms. The van der Waals surface area contributed by atoms with Crippen molar-refractivity contribution in [2.45, 2.75) is 108 Å². The summed E-state index contributed by atoms with van der Waals surface area (Å²) in [6.45, 7) is 9.05. The highest BCUT2D eigenvalue weighted by Crippen LogP contribution is 2.41. The lowest BCUT2D eigenvalue weighted by Crippen LogP contribution is -2.45. The van der Waals surface area contributed by atoms with E-state index in [1.54, 1.807) is 11.1 Å². The van der Waals surface area contributed by atoms with Crippen molar-refractivity contribution < 1.29 is 0 Å². The van der Waals surface area contributed by atoms with Gasteiger partial charge in [0.25, 0.3) is 0 Å². The molecule has 1 aliphatic heterocycles. The van der Waals surface area contributed by atoms with Crippen LogP contribution in [0.25, 0.3) is 0 Å². The Hall–Kier alpha value is -1.64. The summed E-state index contributed by atoms with van der Waals surface area (Å²) in [5.41, 5.74) is 7.99. The second kappa shape index (κ2) is 11.4. The molecule has 1 heterocycles. The van der Waals surface area contributed by atoms with Gasteiger partial charge in [0.05, 0.1) is 0 Å². The number of benzene rings is 2. The SMILES string of the molecule is CC(C)c1ccccc1C1CN(Cc2ccc(C3CCCCC3)c(C3CCCCC3)c2)CCN1. The zero-order valence-electron chi connectivity index (χ0n) is 21.7. The number of nitrogens with one attached hydrogen (secondary N) is 1. The van der Waals surface area contributed by atoms with E-state index in [1.807, 2.05) is 0 Å². The van der Waals surface area contributed by atoms with Crippen molar-refractivity contribution in [3.05, 3.63) is 70.3 Å². The molecule has 1 atom stereocenters. The Morgan fingerprint density at radius 3 is 2.18 bits per heavy atom. The van der Waals surface area contributed by atoms with Gasteiger partial charge in [-0.1, -0.05) is 94.8 Å². The molecule has 2 aromatic rings. The van der Waals surface area contributed by atoms with Gasteiger partial charge in [0.2, 0.25) is 0 Å². The van der Waals surface area contributed by atoms with E-state index in [-0.39, 0.29) is 0 Å². The molecular weight excluding hydrogens is 412 g/mol. The highest BCUT2D eigenvalue weighted by atomic mass is 15.2. The van der Waals surface area contributed by atoms with E-state index >= 15 is 0 Å². The summed E-state index contributed by atoms with van der Waals surface area (Å²) in [7, 11) is 0. The smallest absolute Gasteiger partial charge is 0.0452 e. The number of rotatable bonds is 6. The van der Waals surface area contributed by atoms with Gasteiger partial charge in [-0.05, 0) is 71.3 Å². The molecule has 0 radical (unpaired) electrons. The topological polar surface area (TPSA) is 15.3 Å². The van der Waals surface area contributed by atoms with E-state index < -0.39 is 0 Å². The van der Waals surface area contributed by atoms with E-state index in [0.717, 1.165) is 38.0 Å². The van der Waals surface area contributed by atoms with Gasteiger partial charge in [-0.15, -0.1) is 0 Å². The number of piperazine rings is 1. The van der Waals surface area contributed by atoms with Crippen molar-refractivity contribution in [2.75, 3.05) is 19.6 Å². The minimum absolute atomic E-state index is 0.437. The third-order valence-electron chi connectivity index (χ3n) is 8.90. The first kappa shape index (κ1) is 24.1. The van der Waals surface area contributed by atoms with Crippen LogP contribution in [-0.2, 0) is 6.54 Å². The van der Waals surface area contributed by atoms with E-state index in [9.17, 15) is 0 Å². The fraction of sp³-hybridized carbons (Fsp3) is 0.625. The molecule has 1 unspecified atom stereocenters. The van der Waals surface area contributed by atoms with E-state index in [4.69, 9.17) is 0 Å². The number of hydrogen-bond donors (Lipinski definition) is 1. The lowest BCUT2D eigenvalue weighted by atomic mass is 9.75. The first-order valence-electron chi connectivity index (χ1n) is 14.4. The van der Waals surface area contributed by atoms with Gasteiger partial charge in [0.1, 0.15) is 0 Å². The van der Waals surface area contributed by atoms with Crippen LogP contribution in [0.15, 0.2) is 42.5 Å². The van der Waals surface area contributed by atoms with Crippen molar-refractivity contribution in [3.63, 3.8) is 0 Å². The van der Waals surface area contributed by atoms with Crippen LogP contribution in [0.5, 0.6) is 0 Å². The van der Waals surface area contributed by atoms with Crippen LogP contribution in [0.2, 0.25) is 0 Å². The first-order valence-corrected chi connectivity index (χ1v) is 14.4. The third-order valence-corrected chi connectivity index (χ3v) is 8.90. The van der Waals surface area contributed by atoms with Crippen LogP contribution in [0, 0.1) is 0 Å². The summed E-state index contributed by atoms with van der Waals surface area (Å²) >= 11 is 0. The maximum absolute atomic E-state index is 3.82. The summed E-state index contributed by atoms with van der Waals surface area (Å²) in [6.07, 6.45) is 14.2. The zero-order chi connectivity index (χ0) is 23.3. The van der Waals surface area contributed by atoms with Crippen molar-refractivity contribution in [3.8, 4) is 0 Å². The molecule has 0 aromatic heterocycles. The summed E-state index contributed by atoms with van der Waals surface area (Å²) in [5.74, 6) is 2.19. The van der Waals surface area contributed by atoms with Crippen molar-refractivity contribution >= 4 is 0 Å². The van der Waals surface area contributed by atoms with Crippen LogP contribution >= 0.6 is 0 Å². The molecule has 2 saturated carbocycles. The van der Waals surface area contributed by atoms with Gasteiger partial charge in [0, 0.05) is 32.2 Å². The molecule has 0 bridgehead atoms. The van der Waals surface area contributed by atoms with E-state index in [2.05, 4.69) is 66.5 Å². The molecule has 2 nitrogen and oxygen atoms in total. The van der Waals surface area contributed by atoms with Crippen LogP contribution in [0.4, 0.5) is 0 Å². The molecule has 34 heavy (non-hydrogen) atoms. The third kappa shape index (κ3) is 5.60. The Labute approximate surface area is 208 Å². The Kier molecular flexibility index (Phi) is 8.07. The van der Waals surface area contributed by atoms with Crippen LogP contribution in [-0.4, -0.2) is 24.5 Å². The average molecular weight is 459 g/mol. The Balaban J connectivity index is 1.34. The molecule has 2 aromatic carbocycles. The van der Waals surface area contributed by atoms with E-state index in [0.29, 0.717) is 12.0 Å². The van der Waals surface area contributed by atoms with Crippen LogP contribution < -0.4 is 5.32 Å². The van der Waals surface area contributed by atoms with Gasteiger partial charge < -0.3 is 5.32 Å². The molecular formula is C32H46N2. The van der Waals surface area contributed by atoms with E-state index in [1.165, 1.54) is 80.9 Å². The monoisotopic (exact) mass is 458 g/mol. The summed E-state index contributed by atoms with van der Waals surface area (Å²) < 4.78 is 0. The maximum atomic E-state index is 3.82. The molecule has 0 amide bonds. The number of nitrogens with zero attached hydrogens (tertiary/aromatic N) is 1. The zero-order valence-corrected chi connectivity index (χ0v) is 21.7. The van der Waals surface area contributed by atoms with Crippen molar-refractivity contribution in [1.29, 1.82) is 0 Å². The molecule has 1 saturated heterocycles. The van der Waals surface area contributed by atoms with Crippen molar-refractivity contribution in [1.82, 2.24) is 10.2 Å². The summed E-state index contributed by atoms with van der Waals surface area (Å²) in [6, 6.07) is 17.2. The second-order valence-electron chi connectivity index (χ2n) is 11.7. The second-order valence-corrected chi connectivity index (χ2v) is 11.7. The summed E-state index contributed by atoms with van der Waals surface area (Å²) in [5, 5.41) is 3.82. The molecule has 3 fully saturated rings. The summed E-state index contributed by atoms with van der Waals surface area (Å²) in [4.78, 5) is 2.69. The molecule has 5 rings (SSSR count). The predicted molar refractivity (Wildman–Crippen MR) is 145 cm³/mol. The van der Waals surface area contributed by atoms with Crippen molar-refractivity contribution in [2.24, 2.45) is 0 Å². The average Bonchev–Trinajstić information content (AvgIpc) is 2.90. The highest BCUT2D eigenvalue weighted by Gasteiger charge is 2.26. The number of hydrogen-bond acceptors (Lipinski definition) is 2. The van der Waals surface area contributed by atoms with Crippen LogP contribution in [0.3, 0.4) is 0 Å². The van der Waals surface area contributed by atoms with Gasteiger partial charge in [-0.25, -0.2) is 0 Å². The fourth-order valence-corrected chi connectivity index (χ4v) is 7.05. The molecule has 3 aliphatic rings. The molecule has 2 aliphatic carbocycles. The Morgan fingerprint density at radius 1 is 0.794 bits per heavy atom. The van der Waals surface area contributed by atoms with Gasteiger partial charge in [-0.3, -0.25) is 4.90 Å². The molecule has 184 valence electrons. The predicted octanol–water partition coefficient (Wildman–Crippen LogP) is 8.05. The molecule has 2 heteroatoms. The Bertz CT molecular complexity index is 920. The standard InChI is InChI=1S/C32H46N2/c1-24(2)28-15-9-10-16-30(28)32-23-34(20-19-33-32)22-25-17-18-29(26-11-5-3-6-12-26)31(21-25)27-13-7-4-8-14-27/h9-10,15-18,21,24,26-27,32-33H,3-8,11-14,19-20,22-23H2,1-2H3. The Morgan fingerprint density at radius 2 is 1.47 bits per heavy atom. The largest absolute Gasteiger partial charge is 0.308 e. The lowest BCUT2D eigenvalue weighted by Gasteiger charge is -2.36. The van der Waals surface area contributed by atoms with Crippen LogP contribution in [0.1, 0.15) is 130 Å². The molecule has 1 N–H and O–H groups in total. The van der Waals surface area contributed by atoms with Gasteiger partial charge in [0.15, 0.2) is 0 Å². The highest BCUT2D eigenvalue weighted by molar-refractivity contribution is 5.38. The van der Waals surface area contributed by atoms with Gasteiger partial charge >= 0.3 is 0 Å². The quantitative estimate of drug-likeness (QED) is 0.471. The maximum Gasteiger partial charge on any atom is 0.0452 e. The van der Waals surface area contributed by atoms with Gasteiger partial charge in [-0.2, -0.15) is 0 Å². The fourth-order valence-electron chi connectivity index (χ4n) is 7.05. The lowest BCUT2D eigenvalue weighted by molar-refractivity contribution is 0.192.